The van der Waals surface area contributed by atoms with Gasteiger partial charge in [0, 0.05) is 19.5 Å². The number of carbonyl (C=O) groups is 2. The molecule has 214 valence electrons. The number of carbonyl (C=O) groups excluding carboxylic acids is 2. The second kappa shape index (κ2) is 14.0. The molecule has 8 nitrogen and oxygen atoms in total. The molecule has 0 bridgehead atoms. The summed E-state index contributed by atoms with van der Waals surface area (Å²) in [5.74, 6) is -0.456. The average Bonchev–Trinajstić information content (AvgIpc) is 2.93. The van der Waals surface area contributed by atoms with Gasteiger partial charge in [-0.25, -0.2) is 8.42 Å². The van der Waals surface area contributed by atoms with Crippen LogP contribution in [0.3, 0.4) is 0 Å². The molecule has 1 atom stereocenters. The molecule has 0 heterocycles. The number of amides is 2. The lowest BCUT2D eigenvalue weighted by Gasteiger charge is -2.33. The third-order valence-corrected chi connectivity index (χ3v) is 7.70. The second-order valence-corrected chi connectivity index (χ2v) is 11.9. The van der Waals surface area contributed by atoms with E-state index in [1.54, 1.807) is 12.1 Å². The standard InChI is InChI=1S/C31H39N3O5S/c1-6-18-32-31(36)28(20-25-10-8-7-9-11-25)33(21-26-15-12-23(2)13-16-26)30(35)22-34(40(5,37)38)27-19-24(3)14-17-29(27)39-4/h7-17,19,28H,6,18,20-22H2,1-5H3,(H,32,36). The molecule has 0 aliphatic rings. The average molecular weight is 566 g/mol. The van der Waals surface area contributed by atoms with Gasteiger partial charge in [-0.05, 0) is 49.1 Å². The van der Waals surface area contributed by atoms with E-state index in [9.17, 15) is 18.0 Å². The van der Waals surface area contributed by atoms with Crippen LogP contribution in [0.25, 0.3) is 0 Å². The molecule has 0 aromatic heterocycles. The van der Waals surface area contributed by atoms with Gasteiger partial charge in [0.1, 0.15) is 18.3 Å². The van der Waals surface area contributed by atoms with E-state index in [2.05, 4.69) is 5.32 Å². The van der Waals surface area contributed by atoms with Crippen molar-refractivity contribution in [1.29, 1.82) is 0 Å². The van der Waals surface area contributed by atoms with Crippen LogP contribution in [-0.2, 0) is 32.6 Å². The molecule has 1 unspecified atom stereocenters. The number of benzene rings is 3. The minimum absolute atomic E-state index is 0.138. The molecule has 0 spiro atoms. The van der Waals surface area contributed by atoms with Gasteiger partial charge in [-0.15, -0.1) is 0 Å². The lowest BCUT2D eigenvalue weighted by molar-refractivity contribution is -0.140. The predicted octanol–water partition coefficient (Wildman–Crippen LogP) is 4.24. The number of aryl methyl sites for hydroxylation is 2. The molecule has 40 heavy (non-hydrogen) atoms. The first-order chi connectivity index (χ1) is 19.0. The number of hydrogen-bond acceptors (Lipinski definition) is 5. The number of hydrogen-bond donors (Lipinski definition) is 1. The Labute approximate surface area is 238 Å². The minimum atomic E-state index is -3.89. The summed E-state index contributed by atoms with van der Waals surface area (Å²) in [7, 11) is -2.44. The number of ether oxygens (including phenoxy) is 1. The summed E-state index contributed by atoms with van der Waals surface area (Å²) in [6, 6.07) is 21.5. The molecule has 3 rings (SSSR count). The molecular weight excluding hydrogens is 526 g/mol. The first-order valence-electron chi connectivity index (χ1n) is 13.3. The van der Waals surface area contributed by atoms with Crippen molar-refractivity contribution in [3.8, 4) is 5.75 Å². The van der Waals surface area contributed by atoms with Crippen LogP contribution in [0.1, 0.15) is 35.6 Å². The number of methoxy groups -OCH3 is 1. The Hall–Kier alpha value is -3.85. The highest BCUT2D eigenvalue weighted by Gasteiger charge is 2.33. The number of nitrogens with one attached hydrogen (secondary N) is 1. The fourth-order valence-corrected chi connectivity index (χ4v) is 5.24. The van der Waals surface area contributed by atoms with Crippen LogP contribution in [0.15, 0.2) is 72.8 Å². The van der Waals surface area contributed by atoms with Gasteiger partial charge in [0.05, 0.1) is 19.1 Å². The molecule has 1 N–H and O–H groups in total. The molecule has 0 aliphatic carbocycles. The molecule has 0 saturated carbocycles. The molecule has 0 radical (unpaired) electrons. The van der Waals surface area contributed by atoms with Crippen molar-refractivity contribution >= 4 is 27.5 Å². The first-order valence-corrected chi connectivity index (χ1v) is 15.2. The summed E-state index contributed by atoms with van der Waals surface area (Å²) >= 11 is 0. The lowest BCUT2D eigenvalue weighted by atomic mass is 10.0. The van der Waals surface area contributed by atoms with E-state index in [0.29, 0.717) is 12.3 Å². The summed E-state index contributed by atoms with van der Waals surface area (Å²) < 4.78 is 32.5. The number of nitrogens with zero attached hydrogens (tertiary/aromatic N) is 2. The molecule has 0 aliphatic heterocycles. The van der Waals surface area contributed by atoms with Crippen molar-refractivity contribution in [3.05, 3.63) is 95.1 Å². The normalized spacial score (nSPS) is 11.9. The van der Waals surface area contributed by atoms with E-state index in [1.165, 1.54) is 12.0 Å². The molecule has 0 saturated heterocycles. The Kier molecular flexibility index (Phi) is 10.7. The summed E-state index contributed by atoms with van der Waals surface area (Å²) in [4.78, 5) is 29.2. The maximum absolute atomic E-state index is 14.1. The summed E-state index contributed by atoms with van der Waals surface area (Å²) in [5, 5.41) is 2.94. The fourth-order valence-electron chi connectivity index (χ4n) is 4.40. The molecule has 3 aromatic rings. The summed E-state index contributed by atoms with van der Waals surface area (Å²) in [6.45, 7) is 5.88. The van der Waals surface area contributed by atoms with Crippen molar-refractivity contribution in [2.24, 2.45) is 0 Å². The molecular formula is C31H39N3O5S. The maximum Gasteiger partial charge on any atom is 0.244 e. The van der Waals surface area contributed by atoms with Crippen LogP contribution >= 0.6 is 0 Å². The minimum Gasteiger partial charge on any atom is -0.495 e. The van der Waals surface area contributed by atoms with Crippen LogP contribution in [0.2, 0.25) is 0 Å². The van der Waals surface area contributed by atoms with Crippen LogP contribution in [0, 0.1) is 13.8 Å². The lowest BCUT2D eigenvalue weighted by Crippen LogP contribution is -2.53. The summed E-state index contributed by atoms with van der Waals surface area (Å²) in [5.41, 5.74) is 3.87. The van der Waals surface area contributed by atoms with E-state index in [4.69, 9.17) is 4.74 Å². The Morgan fingerprint density at radius 3 is 2.17 bits per heavy atom. The van der Waals surface area contributed by atoms with Crippen LogP contribution in [-0.4, -0.2) is 57.6 Å². The van der Waals surface area contributed by atoms with Gasteiger partial charge in [0.2, 0.25) is 21.8 Å². The van der Waals surface area contributed by atoms with Crippen molar-refractivity contribution in [1.82, 2.24) is 10.2 Å². The van der Waals surface area contributed by atoms with Crippen LogP contribution in [0.5, 0.6) is 5.75 Å². The second-order valence-electron chi connectivity index (χ2n) is 9.95. The SMILES string of the molecule is CCCNC(=O)C(Cc1ccccc1)N(Cc1ccc(C)cc1)C(=O)CN(c1cc(C)ccc1OC)S(C)(=O)=O. The van der Waals surface area contributed by atoms with Crippen molar-refractivity contribution in [3.63, 3.8) is 0 Å². The highest BCUT2D eigenvalue weighted by molar-refractivity contribution is 7.92. The zero-order valence-corrected chi connectivity index (χ0v) is 24.7. The van der Waals surface area contributed by atoms with E-state index >= 15 is 0 Å². The topological polar surface area (TPSA) is 96.0 Å². The number of anilines is 1. The predicted molar refractivity (Wildman–Crippen MR) is 159 cm³/mol. The van der Waals surface area contributed by atoms with Gasteiger partial charge < -0.3 is 15.0 Å². The van der Waals surface area contributed by atoms with Gasteiger partial charge in [-0.3, -0.25) is 13.9 Å². The maximum atomic E-state index is 14.1. The molecule has 0 fully saturated rings. The number of rotatable bonds is 13. The van der Waals surface area contributed by atoms with Gasteiger partial charge in [0.25, 0.3) is 0 Å². The first kappa shape index (κ1) is 30.7. The molecule has 2 amide bonds. The Morgan fingerprint density at radius 2 is 1.57 bits per heavy atom. The third kappa shape index (κ3) is 8.32. The Bertz CT molecular complexity index is 1390. The van der Waals surface area contributed by atoms with Crippen molar-refractivity contribution in [2.45, 2.75) is 46.2 Å². The fraction of sp³-hybridized carbons (Fsp3) is 0.355. The zero-order chi connectivity index (χ0) is 29.3. The van der Waals surface area contributed by atoms with Gasteiger partial charge in [0.15, 0.2) is 0 Å². The Balaban J connectivity index is 2.08. The van der Waals surface area contributed by atoms with Gasteiger partial charge in [-0.2, -0.15) is 0 Å². The van der Waals surface area contributed by atoms with Crippen LogP contribution in [0.4, 0.5) is 5.69 Å². The highest BCUT2D eigenvalue weighted by Crippen LogP contribution is 2.31. The molecule has 3 aromatic carbocycles. The van der Waals surface area contributed by atoms with Crippen molar-refractivity contribution < 1.29 is 22.7 Å². The molecule has 9 heteroatoms. The quantitative estimate of drug-likeness (QED) is 0.334. The van der Waals surface area contributed by atoms with E-state index in [-0.39, 0.29) is 24.6 Å². The van der Waals surface area contributed by atoms with Gasteiger partial charge in [-0.1, -0.05) is 73.2 Å². The highest BCUT2D eigenvalue weighted by atomic mass is 32.2. The van der Waals surface area contributed by atoms with Gasteiger partial charge >= 0.3 is 0 Å². The van der Waals surface area contributed by atoms with E-state index in [1.807, 2.05) is 81.4 Å². The Morgan fingerprint density at radius 1 is 0.925 bits per heavy atom. The third-order valence-electron chi connectivity index (χ3n) is 6.58. The smallest absolute Gasteiger partial charge is 0.244 e. The largest absolute Gasteiger partial charge is 0.495 e. The van der Waals surface area contributed by atoms with E-state index < -0.39 is 28.5 Å². The van der Waals surface area contributed by atoms with E-state index in [0.717, 1.165) is 39.2 Å². The van der Waals surface area contributed by atoms with Crippen molar-refractivity contribution in [2.75, 3.05) is 30.8 Å². The van der Waals surface area contributed by atoms with Crippen LogP contribution < -0.4 is 14.4 Å². The number of sulfonamides is 1. The monoisotopic (exact) mass is 565 g/mol. The summed E-state index contributed by atoms with van der Waals surface area (Å²) in [6.07, 6.45) is 2.08. The zero-order valence-electron chi connectivity index (χ0n) is 23.9.